The fourth-order valence-corrected chi connectivity index (χ4v) is 1.82. The van der Waals surface area contributed by atoms with Crippen LogP contribution in [0.25, 0.3) is 0 Å². The largest absolute Gasteiger partial charge is 0.493 e. The third kappa shape index (κ3) is 3.37. The Balaban J connectivity index is 2.24. The first-order valence-electron chi connectivity index (χ1n) is 6.38. The third-order valence-corrected chi connectivity index (χ3v) is 2.78. The Kier molecular flexibility index (Phi) is 4.52. The third-order valence-electron chi connectivity index (χ3n) is 2.78. The molecule has 0 atom stereocenters. The molecule has 0 aliphatic rings. The number of benzene rings is 2. The summed E-state index contributed by atoms with van der Waals surface area (Å²) < 4.78 is 18.6. The average molecular weight is 284 g/mol. The normalized spacial score (nSPS) is 9.76. The van der Waals surface area contributed by atoms with Gasteiger partial charge in [0.25, 0.3) is 5.91 Å². The van der Waals surface area contributed by atoms with Crippen LogP contribution in [0.2, 0.25) is 0 Å². The molecule has 0 spiro atoms. The highest BCUT2D eigenvalue weighted by Gasteiger charge is 2.13. The van der Waals surface area contributed by atoms with Crippen LogP contribution >= 0.6 is 0 Å². The Morgan fingerprint density at radius 2 is 2.10 bits per heavy atom. The lowest BCUT2D eigenvalue weighted by molar-refractivity contribution is 0.102. The molecule has 106 valence electrons. The van der Waals surface area contributed by atoms with Crippen molar-refractivity contribution in [3.8, 4) is 11.8 Å². The van der Waals surface area contributed by atoms with Crippen LogP contribution in [0.4, 0.5) is 10.1 Å². The van der Waals surface area contributed by atoms with E-state index in [9.17, 15) is 9.18 Å². The first-order chi connectivity index (χ1) is 10.2. The molecule has 0 heterocycles. The van der Waals surface area contributed by atoms with Gasteiger partial charge in [0.1, 0.15) is 17.6 Å². The van der Waals surface area contributed by atoms with E-state index in [1.165, 1.54) is 12.1 Å². The second kappa shape index (κ2) is 6.53. The molecule has 4 nitrogen and oxygen atoms in total. The maximum atomic E-state index is 13.2. The van der Waals surface area contributed by atoms with Gasteiger partial charge in [0.05, 0.1) is 17.7 Å². The van der Waals surface area contributed by atoms with E-state index in [0.29, 0.717) is 23.6 Å². The number of nitrogens with one attached hydrogen (secondary N) is 1. The van der Waals surface area contributed by atoms with Crippen LogP contribution in [0.3, 0.4) is 0 Å². The molecule has 2 aromatic rings. The Morgan fingerprint density at radius 3 is 2.81 bits per heavy atom. The van der Waals surface area contributed by atoms with Gasteiger partial charge in [0.15, 0.2) is 0 Å². The van der Waals surface area contributed by atoms with Gasteiger partial charge in [-0.3, -0.25) is 4.79 Å². The molecule has 1 amide bonds. The minimum Gasteiger partial charge on any atom is -0.493 e. The first kappa shape index (κ1) is 14.5. The van der Waals surface area contributed by atoms with Crippen molar-refractivity contribution in [2.45, 2.75) is 6.92 Å². The molecule has 0 aliphatic carbocycles. The maximum absolute atomic E-state index is 13.2. The number of carbonyl (C=O) groups is 1. The number of rotatable bonds is 4. The molecule has 0 saturated carbocycles. The minimum absolute atomic E-state index is 0.120. The lowest BCUT2D eigenvalue weighted by Gasteiger charge is -2.10. The van der Waals surface area contributed by atoms with E-state index >= 15 is 0 Å². The van der Waals surface area contributed by atoms with Crippen LogP contribution in [-0.2, 0) is 0 Å². The quantitative estimate of drug-likeness (QED) is 0.936. The molecular weight excluding hydrogens is 271 g/mol. The molecule has 0 bridgehead atoms. The van der Waals surface area contributed by atoms with E-state index in [1.807, 2.05) is 6.92 Å². The van der Waals surface area contributed by atoms with Crippen LogP contribution in [-0.4, -0.2) is 12.5 Å². The van der Waals surface area contributed by atoms with Crippen molar-refractivity contribution in [1.29, 1.82) is 5.26 Å². The van der Waals surface area contributed by atoms with Crippen molar-refractivity contribution in [2.75, 3.05) is 11.9 Å². The van der Waals surface area contributed by atoms with Gasteiger partial charge in [-0.2, -0.15) is 5.26 Å². The first-order valence-corrected chi connectivity index (χ1v) is 6.38. The smallest absolute Gasteiger partial charge is 0.259 e. The highest BCUT2D eigenvalue weighted by Crippen LogP contribution is 2.20. The predicted octanol–water partition coefficient (Wildman–Crippen LogP) is 3.35. The molecule has 2 rings (SSSR count). The topological polar surface area (TPSA) is 62.1 Å². The van der Waals surface area contributed by atoms with Crippen molar-refractivity contribution in [2.24, 2.45) is 0 Å². The summed E-state index contributed by atoms with van der Waals surface area (Å²) in [4.78, 5) is 12.2. The molecule has 2 aromatic carbocycles. The maximum Gasteiger partial charge on any atom is 0.259 e. The van der Waals surface area contributed by atoms with E-state index in [0.717, 1.165) is 6.07 Å². The lowest BCUT2D eigenvalue weighted by Crippen LogP contribution is -2.13. The summed E-state index contributed by atoms with van der Waals surface area (Å²) in [6, 6.07) is 12.4. The van der Waals surface area contributed by atoms with Gasteiger partial charge >= 0.3 is 0 Å². The second-order valence-electron chi connectivity index (χ2n) is 4.19. The van der Waals surface area contributed by atoms with Crippen LogP contribution < -0.4 is 10.1 Å². The van der Waals surface area contributed by atoms with Gasteiger partial charge in [-0.1, -0.05) is 12.1 Å². The summed E-state index contributed by atoms with van der Waals surface area (Å²) in [5, 5.41) is 11.4. The molecule has 0 saturated heterocycles. The molecule has 0 fully saturated rings. The number of nitrogens with zero attached hydrogens (tertiary/aromatic N) is 1. The SMILES string of the molecule is CCOc1ccccc1C(=O)Nc1ccc(F)c(C#N)c1. The average Bonchev–Trinajstić information content (AvgIpc) is 2.50. The highest BCUT2D eigenvalue weighted by molar-refractivity contribution is 6.06. The zero-order valence-electron chi connectivity index (χ0n) is 11.4. The van der Waals surface area contributed by atoms with Crippen LogP contribution in [0.5, 0.6) is 5.75 Å². The standard InChI is InChI=1S/C16H13FN2O2/c1-2-21-15-6-4-3-5-13(15)16(20)19-12-7-8-14(17)11(9-12)10-18/h3-9H,2H2,1H3,(H,19,20). The number of hydrogen-bond donors (Lipinski definition) is 1. The summed E-state index contributed by atoms with van der Waals surface area (Å²) in [7, 11) is 0. The van der Waals surface area contributed by atoms with Crippen LogP contribution in [0.1, 0.15) is 22.8 Å². The van der Waals surface area contributed by atoms with E-state index in [1.54, 1.807) is 30.3 Å². The van der Waals surface area contributed by atoms with Gasteiger partial charge in [-0.05, 0) is 37.3 Å². The monoisotopic (exact) mass is 284 g/mol. The lowest BCUT2D eigenvalue weighted by atomic mass is 10.1. The number of halogens is 1. The number of carbonyl (C=O) groups excluding carboxylic acids is 1. The fraction of sp³-hybridized carbons (Fsp3) is 0.125. The highest BCUT2D eigenvalue weighted by atomic mass is 19.1. The Hall–Kier alpha value is -2.87. The molecule has 5 heteroatoms. The summed E-state index contributed by atoms with van der Waals surface area (Å²) in [5.41, 5.74) is 0.609. The molecule has 0 aromatic heterocycles. The second-order valence-corrected chi connectivity index (χ2v) is 4.19. The summed E-state index contributed by atoms with van der Waals surface area (Å²) in [6.45, 7) is 2.27. The molecule has 21 heavy (non-hydrogen) atoms. The number of amides is 1. The van der Waals surface area contributed by atoms with Gasteiger partial charge in [0.2, 0.25) is 0 Å². The predicted molar refractivity (Wildman–Crippen MR) is 76.7 cm³/mol. The van der Waals surface area contributed by atoms with E-state index in [2.05, 4.69) is 5.32 Å². The van der Waals surface area contributed by atoms with Crippen molar-refractivity contribution >= 4 is 11.6 Å². The van der Waals surface area contributed by atoms with Gasteiger partial charge < -0.3 is 10.1 Å². The van der Waals surface area contributed by atoms with Crippen molar-refractivity contribution < 1.29 is 13.9 Å². The minimum atomic E-state index is -0.620. The van der Waals surface area contributed by atoms with Gasteiger partial charge in [0, 0.05) is 5.69 Å². The summed E-state index contributed by atoms with van der Waals surface area (Å²) in [5.74, 6) is -0.528. The zero-order chi connectivity index (χ0) is 15.2. The number of nitriles is 1. The fourth-order valence-electron chi connectivity index (χ4n) is 1.82. The molecular formula is C16H13FN2O2. The molecule has 0 aliphatic heterocycles. The zero-order valence-corrected chi connectivity index (χ0v) is 11.4. The van der Waals surface area contributed by atoms with Crippen molar-refractivity contribution in [1.82, 2.24) is 0 Å². The van der Waals surface area contributed by atoms with Crippen molar-refractivity contribution in [3.05, 3.63) is 59.4 Å². The number of hydrogen-bond acceptors (Lipinski definition) is 3. The Morgan fingerprint density at radius 1 is 1.33 bits per heavy atom. The molecule has 1 N–H and O–H groups in total. The van der Waals surface area contributed by atoms with E-state index < -0.39 is 5.82 Å². The van der Waals surface area contributed by atoms with Gasteiger partial charge in [-0.25, -0.2) is 4.39 Å². The van der Waals surface area contributed by atoms with E-state index in [4.69, 9.17) is 10.00 Å². The van der Waals surface area contributed by atoms with E-state index in [-0.39, 0.29) is 11.5 Å². The van der Waals surface area contributed by atoms with Crippen molar-refractivity contribution in [3.63, 3.8) is 0 Å². The van der Waals surface area contributed by atoms with Crippen LogP contribution in [0, 0.1) is 17.1 Å². The summed E-state index contributed by atoms with van der Waals surface area (Å²) in [6.07, 6.45) is 0. The number of ether oxygens (including phenoxy) is 1. The Bertz CT molecular complexity index is 708. The Labute approximate surface area is 121 Å². The van der Waals surface area contributed by atoms with Crippen LogP contribution in [0.15, 0.2) is 42.5 Å². The molecule has 0 unspecified atom stereocenters. The number of anilines is 1. The number of para-hydroxylation sites is 1. The van der Waals surface area contributed by atoms with Gasteiger partial charge in [-0.15, -0.1) is 0 Å². The molecule has 0 radical (unpaired) electrons. The summed E-state index contributed by atoms with van der Waals surface area (Å²) >= 11 is 0.